The van der Waals surface area contributed by atoms with Crippen LogP contribution < -0.4 is 20.3 Å². The maximum atomic E-state index is 12.4. The minimum Gasteiger partial charge on any atom is -0.494 e. The van der Waals surface area contributed by atoms with E-state index in [-0.39, 0.29) is 12.0 Å². The van der Waals surface area contributed by atoms with Gasteiger partial charge in [-0.15, -0.1) is 0 Å². The first kappa shape index (κ1) is 25.5. The van der Waals surface area contributed by atoms with Crippen molar-refractivity contribution >= 4 is 51.6 Å². The molecule has 11 heteroatoms. The lowest BCUT2D eigenvalue weighted by molar-refractivity contribution is -0.111. The van der Waals surface area contributed by atoms with Crippen LogP contribution >= 0.6 is 11.6 Å². The van der Waals surface area contributed by atoms with Gasteiger partial charge in [-0.25, -0.2) is 15.0 Å². The summed E-state index contributed by atoms with van der Waals surface area (Å²) in [4.78, 5) is 28.3. The number of amides is 1. The monoisotopic (exact) mass is 533 g/mol. The second-order valence-electron chi connectivity index (χ2n) is 8.94. The van der Waals surface area contributed by atoms with Crippen molar-refractivity contribution in [3.8, 4) is 17.3 Å². The number of carbonyl (C=O) groups excluding carboxylic acids is 1. The fourth-order valence-electron chi connectivity index (χ4n) is 4.57. The zero-order valence-corrected chi connectivity index (χ0v) is 21.8. The molecule has 0 atom stereocenters. The average molecular weight is 534 g/mol. The third kappa shape index (κ3) is 5.27. The van der Waals surface area contributed by atoms with Gasteiger partial charge < -0.3 is 29.9 Å². The molecule has 4 aromatic rings. The summed E-state index contributed by atoms with van der Waals surface area (Å²) in [5, 5.41) is 16.1. The molecule has 1 aliphatic rings. The number of nitrogens with zero attached hydrogens (tertiary/aromatic N) is 5. The molecule has 1 aliphatic heterocycles. The van der Waals surface area contributed by atoms with E-state index < -0.39 is 0 Å². The fraction of sp³-hybridized carbons (Fsp3) is 0.259. The lowest BCUT2D eigenvalue weighted by Gasteiger charge is -2.33. The molecule has 10 nitrogen and oxygen atoms in total. The standard InChI is InChI=1S/C27H28ClN7O3/c1-34-22-6-4-3-5-18(22)31-26(34)19-8-12-29-27(32-19)33-21-15-20(30-25(37)7-11-28)23(16-24(21)38-2)35-13-9-17(36)10-14-35/h3-8,11-12,15-17,36H,9-10,13-14H2,1-2H3,(H,30,37)(H,29,32,33). The zero-order valence-electron chi connectivity index (χ0n) is 21.1. The molecule has 5 rings (SSSR count). The van der Waals surface area contributed by atoms with Crippen molar-refractivity contribution in [2.45, 2.75) is 18.9 Å². The number of aryl methyl sites for hydroxylation is 1. The van der Waals surface area contributed by atoms with Gasteiger partial charge in [-0.3, -0.25) is 4.79 Å². The lowest BCUT2D eigenvalue weighted by Crippen LogP contribution is -2.36. The maximum Gasteiger partial charge on any atom is 0.249 e. The van der Waals surface area contributed by atoms with Gasteiger partial charge in [-0.2, -0.15) is 0 Å². The number of aliphatic hydroxyl groups excluding tert-OH is 1. The van der Waals surface area contributed by atoms with Crippen molar-refractivity contribution in [2.24, 2.45) is 7.05 Å². The average Bonchev–Trinajstić information content (AvgIpc) is 3.26. The highest BCUT2D eigenvalue weighted by Gasteiger charge is 2.23. The van der Waals surface area contributed by atoms with Gasteiger partial charge in [0.2, 0.25) is 11.9 Å². The number of hydrogen-bond acceptors (Lipinski definition) is 8. The van der Waals surface area contributed by atoms with E-state index in [1.165, 1.54) is 6.08 Å². The normalized spacial score (nSPS) is 14.3. The molecule has 0 unspecified atom stereocenters. The Morgan fingerprint density at radius 2 is 1.95 bits per heavy atom. The Kier molecular flexibility index (Phi) is 7.43. The Morgan fingerprint density at radius 1 is 1.16 bits per heavy atom. The molecule has 38 heavy (non-hydrogen) atoms. The first-order valence-electron chi connectivity index (χ1n) is 12.2. The molecule has 3 heterocycles. The van der Waals surface area contributed by atoms with Crippen LogP contribution in [0.1, 0.15) is 12.8 Å². The van der Waals surface area contributed by atoms with Gasteiger partial charge >= 0.3 is 0 Å². The summed E-state index contributed by atoms with van der Waals surface area (Å²) < 4.78 is 7.68. The number of anilines is 4. The van der Waals surface area contributed by atoms with Crippen LogP contribution in [0.2, 0.25) is 0 Å². The van der Waals surface area contributed by atoms with E-state index in [0.717, 1.165) is 22.3 Å². The summed E-state index contributed by atoms with van der Waals surface area (Å²) >= 11 is 5.62. The molecule has 2 aromatic carbocycles. The predicted octanol–water partition coefficient (Wildman–Crippen LogP) is 4.43. The summed E-state index contributed by atoms with van der Waals surface area (Å²) in [6.45, 7) is 1.29. The minimum atomic E-state index is -0.366. The fourth-order valence-corrected chi connectivity index (χ4v) is 4.69. The second-order valence-corrected chi connectivity index (χ2v) is 9.20. The number of aromatic nitrogens is 4. The Bertz CT molecular complexity index is 1500. The molecule has 0 bridgehead atoms. The minimum absolute atomic E-state index is 0.327. The molecule has 3 N–H and O–H groups in total. The van der Waals surface area contributed by atoms with Crippen LogP contribution in [-0.2, 0) is 11.8 Å². The summed E-state index contributed by atoms with van der Waals surface area (Å²) in [6.07, 6.45) is 3.86. The van der Waals surface area contributed by atoms with E-state index in [0.29, 0.717) is 60.5 Å². The van der Waals surface area contributed by atoms with Crippen LogP contribution in [0.3, 0.4) is 0 Å². The number of carbonyl (C=O) groups is 1. The van der Waals surface area contributed by atoms with E-state index in [2.05, 4.69) is 20.5 Å². The van der Waals surface area contributed by atoms with Gasteiger partial charge in [0.15, 0.2) is 5.82 Å². The Hall–Kier alpha value is -4.15. The Balaban J connectivity index is 1.50. The van der Waals surface area contributed by atoms with E-state index in [1.807, 2.05) is 48.0 Å². The molecule has 196 valence electrons. The summed E-state index contributed by atoms with van der Waals surface area (Å²) in [5.74, 6) is 1.25. The third-order valence-electron chi connectivity index (χ3n) is 6.51. The summed E-state index contributed by atoms with van der Waals surface area (Å²) in [5.41, 5.74) is 5.62. The van der Waals surface area contributed by atoms with E-state index >= 15 is 0 Å². The van der Waals surface area contributed by atoms with Crippen molar-refractivity contribution in [2.75, 3.05) is 35.7 Å². The van der Waals surface area contributed by atoms with Gasteiger partial charge in [-0.1, -0.05) is 23.7 Å². The number of hydrogen-bond donors (Lipinski definition) is 3. The van der Waals surface area contributed by atoms with Crippen LogP contribution in [0.25, 0.3) is 22.6 Å². The molecule has 0 saturated carbocycles. The summed E-state index contributed by atoms with van der Waals surface area (Å²) in [6, 6.07) is 13.3. The zero-order chi connectivity index (χ0) is 26.6. The van der Waals surface area contributed by atoms with Gasteiger partial charge in [0.05, 0.1) is 41.3 Å². The number of ether oxygens (including phenoxy) is 1. The lowest BCUT2D eigenvalue weighted by atomic mass is 10.1. The van der Waals surface area contributed by atoms with E-state index in [1.54, 1.807) is 19.4 Å². The number of aliphatic hydroxyl groups is 1. The van der Waals surface area contributed by atoms with Crippen molar-refractivity contribution in [3.63, 3.8) is 0 Å². The Labute approximate surface area is 224 Å². The first-order chi connectivity index (χ1) is 18.5. The molecular weight excluding hydrogens is 506 g/mol. The van der Waals surface area contributed by atoms with Crippen LogP contribution in [0.4, 0.5) is 23.0 Å². The highest BCUT2D eigenvalue weighted by molar-refractivity contribution is 6.27. The van der Waals surface area contributed by atoms with Gasteiger partial charge in [0, 0.05) is 44.0 Å². The molecule has 0 aliphatic carbocycles. The van der Waals surface area contributed by atoms with Crippen molar-refractivity contribution < 1.29 is 14.6 Å². The predicted molar refractivity (Wildman–Crippen MR) is 149 cm³/mol. The van der Waals surface area contributed by atoms with Gasteiger partial charge in [-0.05, 0) is 37.1 Å². The first-order valence-corrected chi connectivity index (χ1v) is 12.6. The van der Waals surface area contributed by atoms with E-state index in [9.17, 15) is 9.90 Å². The van der Waals surface area contributed by atoms with Gasteiger partial charge in [0.1, 0.15) is 11.4 Å². The second kappa shape index (κ2) is 11.1. The number of halogens is 1. The largest absolute Gasteiger partial charge is 0.494 e. The third-order valence-corrected chi connectivity index (χ3v) is 6.64. The van der Waals surface area contributed by atoms with Gasteiger partial charge in [0.25, 0.3) is 0 Å². The number of para-hydroxylation sites is 2. The smallest absolute Gasteiger partial charge is 0.249 e. The molecule has 0 radical (unpaired) electrons. The van der Waals surface area contributed by atoms with Crippen molar-refractivity contribution in [3.05, 3.63) is 60.3 Å². The van der Waals surface area contributed by atoms with Crippen LogP contribution in [0.5, 0.6) is 5.75 Å². The van der Waals surface area contributed by atoms with Crippen LogP contribution in [0.15, 0.2) is 60.3 Å². The molecule has 1 fully saturated rings. The topological polar surface area (TPSA) is 117 Å². The molecular formula is C27H28ClN7O3. The summed E-state index contributed by atoms with van der Waals surface area (Å²) in [7, 11) is 3.53. The number of imidazole rings is 1. The SMILES string of the molecule is COc1cc(N2CCC(O)CC2)c(NC(=O)C=CCl)cc1Nc1nccc(-c2nc3ccccc3n2C)n1. The highest BCUT2D eigenvalue weighted by Crippen LogP contribution is 2.39. The van der Waals surface area contributed by atoms with Crippen molar-refractivity contribution in [1.29, 1.82) is 0 Å². The quantitative estimate of drug-likeness (QED) is 0.299. The number of benzene rings is 2. The highest BCUT2D eigenvalue weighted by atomic mass is 35.5. The molecule has 1 amide bonds. The molecule has 1 saturated heterocycles. The number of methoxy groups -OCH3 is 1. The Morgan fingerprint density at radius 3 is 2.68 bits per heavy atom. The van der Waals surface area contributed by atoms with Crippen LogP contribution in [-0.4, -0.2) is 56.8 Å². The van der Waals surface area contributed by atoms with Crippen LogP contribution in [0, 0.1) is 0 Å². The molecule has 0 spiro atoms. The van der Waals surface area contributed by atoms with Crippen molar-refractivity contribution in [1.82, 2.24) is 19.5 Å². The molecule has 2 aromatic heterocycles. The number of rotatable bonds is 7. The van der Waals surface area contributed by atoms with E-state index in [4.69, 9.17) is 26.3 Å². The number of nitrogens with one attached hydrogen (secondary N) is 2. The number of piperidine rings is 1. The number of fused-ring (bicyclic) bond motifs is 1. The maximum absolute atomic E-state index is 12.4.